The van der Waals surface area contributed by atoms with E-state index in [1.165, 1.54) is 12.4 Å². The molecule has 0 aliphatic carbocycles. The zero-order chi connectivity index (χ0) is 6.69. The maximum absolute atomic E-state index is 5.43. The van der Waals surface area contributed by atoms with Gasteiger partial charge in [-0.15, -0.1) is 0 Å². The minimum absolute atomic E-state index is 0.356. The van der Waals surface area contributed by atoms with Crippen LogP contribution in [0, 0.1) is 0 Å². The molecule has 1 aromatic heterocycles. The fourth-order valence-electron chi connectivity index (χ4n) is 0.387. The van der Waals surface area contributed by atoms with Gasteiger partial charge >= 0.3 is 0 Å². The standard InChI is InChI=1S/C4H5ClN4/c5-3-1-8-4(9-6)2-7-3/h1-2H,6H2,(H,8,9). The number of nitrogens with one attached hydrogen (secondary N) is 1. The summed E-state index contributed by atoms with van der Waals surface area (Å²) in [5.74, 6) is 5.50. The Hall–Kier alpha value is -0.870. The first-order valence-electron chi connectivity index (χ1n) is 2.27. The van der Waals surface area contributed by atoms with Crippen molar-refractivity contribution in [3.8, 4) is 0 Å². The third kappa shape index (κ3) is 1.51. The summed E-state index contributed by atoms with van der Waals surface area (Å²) >= 11 is 5.43. The topological polar surface area (TPSA) is 63.8 Å². The SMILES string of the molecule is NNc1cnc(Cl)cn1. The summed E-state index contributed by atoms with van der Waals surface area (Å²) in [6.07, 6.45) is 2.86. The zero-order valence-corrected chi connectivity index (χ0v) is 5.26. The summed E-state index contributed by atoms with van der Waals surface area (Å²) in [6, 6.07) is 0. The van der Waals surface area contributed by atoms with E-state index in [-0.39, 0.29) is 0 Å². The molecule has 0 atom stereocenters. The monoisotopic (exact) mass is 144 g/mol. The van der Waals surface area contributed by atoms with Gasteiger partial charge < -0.3 is 5.43 Å². The fourth-order valence-corrected chi connectivity index (χ4v) is 0.484. The Balaban J connectivity index is 2.88. The van der Waals surface area contributed by atoms with Gasteiger partial charge in [-0.3, -0.25) is 0 Å². The minimum atomic E-state index is 0.356. The molecular formula is C4H5ClN4. The van der Waals surface area contributed by atoms with Crippen LogP contribution in [-0.2, 0) is 0 Å². The Morgan fingerprint density at radius 1 is 1.44 bits per heavy atom. The Morgan fingerprint density at radius 2 is 2.22 bits per heavy atom. The van der Waals surface area contributed by atoms with Crippen LogP contribution in [0.3, 0.4) is 0 Å². The van der Waals surface area contributed by atoms with Crippen LogP contribution in [0.25, 0.3) is 0 Å². The molecule has 48 valence electrons. The van der Waals surface area contributed by atoms with Gasteiger partial charge in [0.1, 0.15) is 5.15 Å². The molecule has 0 aliphatic rings. The smallest absolute Gasteiger partial charge is 0.158 e. The van der Waals surface area contributed by atoms with Crippen LogP contribution in [-0.4, -0.2) is 9.97 Å². The van der Waals surface area contributed by atoms with Crippen LogP contribution >= 0.6 is 11.6 Å². The van der Waals surface area contributed by atoms with Crippen molar-refractivity contribution in [3.05, 3.63) is 17.5 Å². The average molecular weight is 145 g/mol. The molecule has 0 aromatic carbocycles. The Labute approximate surface area is 57.0 Å². The first kappa shape index (κ1) is 6.25. The van der Waals surface area contributed by atoms with Gasteiger partial charge in [-0.2, -0.15) is 0 Å². The third-order valence-electron chi connectivity index (χ3n) is 0.768. The van der Waals surface area contributed by atoms with E-state index in [0.717, 1.165) is 0 Å². The van der Waals surface area contributed by atoms with Crippen LogP contribution in [0.2, 0.25) is 5.15 Å². The molecular weight excluding hydrogens is 140 g/mol. The number of aromatic nitrogens is 2. The normalized spacial score (nSPS) is 9.11. The number of rotatable bonds is 1. The van der Waals surface area contributed by atoms with E-state index in [0.29, 0.717) is 11.0 Å². The van der Waals surface area contributed by atoms with Crippen molar-refractivity contribution in [2.75, 3.05) is 5.43 Å². The highest BCUT2D eigenvalue weighted by Gasteiger charge is 1.88. The van der Waals surface area contributed by atoms with Gasteiger partial charge in [-0.25, -0.2) is 15.8 Å². The van der Waals surface area contributed by atoms with E-state index in [1.54, 1.807) is 0 Å². The van der Waals surface area contributed by atoms with Crippen molar-refractivity contribution in [3.63, 3.8) is 0 Å². The molecule has 9 heavy (non-hydrogen) atoms. The van der Waals surface area contributed by atoms with Gasteiger partial charge in [0, 0.05) is 0 Å². The second kappa shape index (κ2) is 2.61. The van der Waals surface area contributed by atoms with Crippen LogP contribution in [0.4, 0.5) is 5.82 Å². The number of hydrogen-bond acceptors (Lipinski definition) is 4. The van der Waals surface area contributed by atoms with Crippen LogP contribution in [0.1, 0.15) is 0 Å². The zero-order valence-electron chi connectivity index (χ0n) is 4.50. The van der Waals surface area contributed by atoms with Crippen molar-refractivity contribution in [1.29, 1.82) is 0 Å². The van der Waals surface area contributed by atoms with E-state index >= 15 is 0 Å². The fraction of sp³-hybridized carbons (Fsp3) is 0. The molecule has 0 fully saturated rings. The molecule has 4 nitrogen and oxygen atoms in total. The van der Waals surface area contributed by atoms with E-state index in [9.17, 15) is 0 Å². The Kier molecular flexibility index (Phi) is 1.81. The molecule has 0 saturated carbocycles. The third-order valence-corrected chi connectivity index (χ3v) is 0.963. The number of nitrogens with two attached hydrogens (primary N) is 1. The van der Waals surface area contributed by atoms with Crippen LogP contribution < -0.4 is 11.3 Å². The molecule has 1 aromatic rings. The van der Waals surface area contributed by atoms with Gasteiger partial charge in [0.2, 0.25) is 0 Å². The lowest BCUT2D eigenvalue weighted by Gasteiger charge is -1.94. The number of halogens is 1. The van der Waals surface area contributed by atoms with Crippen LogP contribution in [0.5, 0.6) is 0 Å². The summed E-state index contributed by atoms with van der Waals surface area (Å²) in [5, 5.41) is 0.356. The van der Waals surface area contributed by atoms with Crippen molar-refractivity contribution in [2.45, 2.75) is 0 Å². The molecule has 0 unspecified atom stereocenters. The van der Waals surface area contributed by atoms with E-state index < -0.39 is 0 Å². The summed E-state index contributed by atoms with van der Waals surface area (Å²) in [7, 11) is 0. The van der Waals surface area contributed by atoms with Crippen molar-refractivity contribution in [2.24, 2.45) is 5.84 Å². The van der Waals surface area contributed by atoms with Gasteiger partial charge in [0.05, 0.1) is 12.4 Å². The van der Waals surface area contributed by atoms with E-state index in [2.05, 4.69) is 15.4 Å². The highest BCUT2D eigenvalue weighted by molar-refractivity contribution is 6.29. The van der Waals surface area contributed by atoms with E-state index in [4.69, 9.17) is 17.4 Å². The second-order valence-corrected chi connectivity index (χ2v) is 1.76. The maximum Gasteiger partial charge on any atom is 0.158 e. The maximum atomic E-state index is 5.43. The first-order valence-corrected chi connectivity index (χ1v) is 2.65. The van der Waals surface area contributed by atoms with Gasteiger partial charge in [-0.1, -0.05) is 11.6 Å². The quantitative estimate of drug-likeness (QED) is 0.443. The molecule has 0 radical (unpaired) electrons. The molecule has 0 spiro atoms. The molecule has 1 heterocycles. The largest absolute Gasteiger partial charge is 0.307 e. The van der Waals surface area contributed by atoms with Crippen molar-refractivity contribution >= 4 is 17.4 Å². The predicted molar refractivity (Wildman–Crippen MR) is 34.9 cm³/mol. The number of hydrazine groups is 1. The summed E-state index contributed by atoms with van der Waals surface area (Å²) in [6.45, 7) is 0. The molecule has 0 amide bonds. The second-order valence-electron chi connectivity index (χ2n) is 1.37. The Morgan fingerprint density at radius 3 is 2.67 bits per heavy atom. The van der Waals surface area contributed by atoms with Gasteiger partial charge in [0.25, 0.3) is 0 Å². The predicted octanol–water partition coefficient (Wildman–Crippen LogP) is 0.416. The van der Waals surface area contributed by atoms with Crippen LogP contribution in [0.15, 0.2) is 12.4 Å². The molecule has 0 aliphatic heterocycles. The highest BCUT2D eigenvalue weighted by atomic mass is 35.5. The summed E-state index contributed by atoms with van der Waals surface area (Å²) in [5.41, 5.74) is 2.32. The number of hydrogen-bond donors (Lipinski definition) is 2. The van der Waals surface area contributed by atoms with Crippen molar-refractivity contribution < 1.29 is 0 Å². The molecule has 0 saturated heterocycles. The molecule has 0 bridgehead atoms. The number of nitrogens with zero attached hydrogens (tertiary/aromatic N) is 2. The van der Waals surface area contributed by atoms with E-state index in [1.807, 2.05) is 0 Å². The highest BCUT2D eigenvalue weighted by Crippen LogP contribution is 2.02. The average Bonchev–Trinajstić information content (AvgIpc) is 1.90. The molecule has 3 N–H and O–H groups in total. The van der Waals surface area contributed by atoms with Gasteiger partial charge in [0.15, 0.2) is 5.82 Å². The van der Waals surface area contributed by atoms with Gasteiger partial charge in [-0.05, 0) is 0 Å². The summed E-state index contributed by atoms with van der Waals surface area (Å²) in [4.78, 5) is 7.48. The minimum Gasteiger partial charge on any atom is -0.307 e. The number of nitrogen functional groups attached to an aromatic ring is 1. The number of anilines is 1. The lowest BCUT2D eigenvalue weighted by Crippen LogP contribution is -2.08. The summed E-state index contributed by atoms with van der Waals surface area (Å²) < 4.78 is 0. The molecule has 1 rings (SSSR count). The lowest BCUT2D eigenvalue weighted by atomic mass is 10.7. The molecule has 5 heteroatoms. The first-order chi connectivity index (χ1) is 4.33. The van der Waals surface area contributed by atoms with Crippen molar-refractivity contribution in [1.82, 2.24) is 9.97 Å². The Bertz CT molecular complexity index is 184. The lowest BCUT2D eigenvalue weighted by molar-refractivity contribution is 1.16.